The first-order valence-electron chi connectivity index (χ1n) is 11.1. The molecule has 0 radical (unpaired) electrons. The van der Waals surface area contributed by atoms with E-state index >= 15 is 0 Å². The van der Waals surface area contributed by atoms with Crippen LogP contribution in [0.5, 0.6) is 0 Å². The molecule has 2 aromatic carbocycles. The van der Waals surface area contributed by atoms with Gasteiger partial charge in [-0.15, -0.1) is 0 Å². The first kappa shape index (κ1) is 19.6. The van der Waals surface area contributed by atoms with Gasteiger partial charge >= 0.3 is 0 Å². The zero-order valence-corrected chi connectivity index (χ0v) is 19.0. The van der Waals surface area contributed by atoms with Gasteiger partial charge in [0.2, 0.25) is 0 Å². The van der Waals surface area contributed by atoms with E-state index in [9.17, 15) is 4.79 Å². The Hall–Kier alpha value is -3.06. The predicted molar refractivity (Wildman–Crippen MR) is 126 cm³/mol. The second-order valence-corrected chi connectivity index (χ2v) is 9.84. The molecule has 2 fully saturated rings. The molecular formula is C25H25N5OS. The zero-order chi connectivity index (χ0) is 21.8. The fourth-order valence-corrected chi connectivity index (χ4v) is 6.20. The molecule has 0 spiro atoms. The Kier molecular flexibility index (Phi) is 4.61. The SMILES string of the molecule is Cc1cc(C(=O)N2CC3CC3C2CSc2nc3ccccc3n2C)n(-c2ccccc2)n1. The molecule has 3 heterocycles. The summed E-state index contributed by atoms with van der Waals surface area (Å²) in [6.07, 6.45) is 1.23. The number of aromatic nitrogens is 4. The van der Waals surface area contributed by atoms with Crippen molar-refractivity contribution in [3.63, 3.8) is 0 Å². The summed E-state index contributed by atoms with van der Waals surface area (Å²) in [5.74, 6) is 2.19. The van der Waals surface area contributed by atoms with Gasteiger partial charge in [-0.2, -0.15) is 5.10 Å². The summed E-state index contributed by atoms with van der Waals surface area (Å²) in [6.45, 7) is 2.78. The Balaban J connectivity index is 1.26. The summed E-state index contributed by atoms with van der Waals surface area (Å²) >= 11 is 1.76. The normalized spacial score (nSPS) is 21.8. The Labute approximate surface area is 191 Å². The molecule has 162 valence electrons. The van der Waals surface area contributed by atoms with Crippen LogP contribution in [0.15, 0.2) is 65.8 Å². The van der Waals surface area contributed by atoms with Crippen LogP contribution in [0.4, 0.5) is 0 Å². The van der Waals surface area contributed by atoms with Crippen molar-refractivity contribution in [1.29, 1.82) is 0 Å². The average molecular weight is 444 g/mol. The van der Waals surface area contributed by atoms with Crippen molar-refractivity contribution >= 4 is 28.7 Å². The molecule has 1 saturated carbocycles. The van der Waals surface area contributed by atoms with Gasteiger partial charge in [0, 0.05) is 25.4 Å². The lowest BCUT2D eigenvalue weighted by atomic mass is 10.2. The highest BCUT2D eigenvalue weighted by Crippen LogP contribution is 2.51. The molecule has 3 atom stereocenters. The smallest absolute Gasteiger partial charge is 0.272 e. The van der Waals surface area contributed by atoms with E-state index in [-0.39, 0.29) is 11.9 Å². The quantitative estimate of drug-likeness (QED) is 0.431. The molecule has 1 saturated heterocycles. The number of benzene rings is 2. The van der Waals surface area contributed by atoms with Crippen molar-refractivity contribution in [1.82, 2.24) is 24.2 Å². The third-order valence-electron chi connectivity index (χ3n) is 6.74. The number of carbonyl (C=O) groups is 1. The second kappa shape index (κ2) is 7.52. The summed E-state index contributed by atoms with van der Waals surface area (Å²) in [5, 5.41) is 5.62. The number of piperidine rings is 1. The van der Waals surface area contributed by atoms with E-state index in [4.69, 9.17) is 4.98 Å². The molecule has 0 N–H and O–H groups in total. The zero-order valence-electron chi connectivity index (χ0n) is 18.2. The molecule has 32 heavy (non-hydrogen) atoms. The Morgan fingerprint density at radius 2 is 1.91 bits per heavy atom. The lowest BCUT2D eigenvalue weighted by Crippen LogP contribution is -2.40. The number of fused-ring (bicyclic) bond motifs is 2. The van der Waals surface area contributed by atoms with Gasteiger partial charge in [-0.05, 0) is 55.5 Å². The number of amides is 1. The fraction of sp³-hybridized carbons (Fsp3) is 0.320. The Morgan fingerprint density at radius 1 is 1.12 bits per heavy atom. The summed E-state index contributed by atoms with van der Waals surface area (Å²) in [5.41, 5.74) is 4.57. The van der Waals surface area contributed by atoms with Crippen molar-refractivity contribution in [2.45, 2.75) is 24.5 Å². The summed E-state index contributed by atoms with van der Waals surface area (Å²) in [7, 11) is 2.07. The number of para-hydroxylation sites is 3. The van der Waals surface area contributed by atoms with Gasteiger partial charge in [-0.25, -0.2) is 9.67 Å². The number of carbonyl (C=O) groups excluding carboxylic acids is 1. The van der Waals surface area contributed by atoms with Crippen LogP contribution >= 0.6 is 11.8 Å². The van der Waals surface area contributed by atoms with Crippen molar-refractivity contribution in [3.05, 3.63) is 72.1 Å². The van der Waals surface area contributed by atoms with Crippen LogP contribution in [0.2, 0.25) is 0 Å². The standard InChI is InChI=1S/C25H25N5OS/c1-16-12-22(30(27-16)18-8-4-3-5-9-18)24(31)29-14-17-13-19(17)23(29)15-32-25-26-20-10-6-7-11-21(20)28(25)2/h3-12,17,19,23H,13-15H2,1-2H3. The van der Waals surface area contributed by atoms with Crippen LogP contribution < -0.4 is 0 Å². The molecular weight excluding hydrogens is 418 g/mol. The van der Waals surface area contributed by atoms with Crippen LogP contribution in [0.3, 0.4) is 0 Å². The van der Waals surface area contributed by atoms with E-state index in [1.165, 1.54) is 6.42 Å². The minimum Gasteiger partial charge on any atom is -0.333 e. The fourth-order valence-electron chi connectivity index (χ4n) is 5.00. The Bertz CT molecular complexity index is 1310. The first-order chi connectivity index (χ1) is 15.6. The highest BCUT2D eigenvalue weighted by atomic mass is 32.2. The number of hydrogen-bond acceptors (Lipinski definition) is 4. The van der Waals surface area contributed by atoms with Gasteiger partial charge in [-0.1, -0.05) is 42.1 Å². The third-order valence-corrected chi connectivity index (χ3v) is 7.88. The molecule has 6 rings (SSSR count). The minimum atomic E-state index is 0.0808. The molecule has 2 aliphatic rings. The van der Waals surface area contributed by atoms with Gasteiger partial charge in [-0.3, -0.25) is 4.79 Å². The number of likely N-dealkylation sites (tertiary alicyclic amines) is 1. The van der Waals surface area contributed by atoms with E-state index in [1.807, 2.05) is 55.5 Å². The summed E-state index contributed by atoms with van der Waals surface area (Å²) < 4.78 is 3.94. The van der Waals surface area contributed by atoms with E-state index < -0.39 is 0 Å². The maximum absolute atomic E-state index is 13.7. The van der Waals surface area contributed by atoms with Crippen molar-refractivity contribution < 1.29 is 4.79 Å². The van der Waals surface area contributed by atoms with Crippen LogP contribution in [-0.2, 0) is 7.05 Å². The second-order valence-electron chi connectivity index (χ2n) is 8.86. The van der Waals surface area contributed by atoms with Crippen molar-refractivity contribution in [3.8, 4) is 5.69 Å². The molecule has 0 bridgehead atoms. The van der Waals surface area contributed by atoms with Crippen LogP contribution in [0.25, 0.3) is 16.7 Å². The predicted octanol–water partition coefficient (Wildman–Crippen LogP) is 4.32. The topological polar surface area (TPSA) is 56.0 Å². The molecule has 3 unspecified atom stereocenters. The van der Waals surface area contributed by atoms with Crippen LogP contribution in [0, 0.1) is 18.8 Å². The average Bonchev–Trinajstić information content (AvgIpc) is 3.16. The molecule has 1 amide bonds. The first-order valence-corrected chi connectivity index (χ1v) is 12.1. The number of thioether (sulfide) groups is 1. The van der Waals surface area contributed by atoms with E-state index in [0.717, 1.165) is 39.9 Å². The monoisotopic (exact) mass is 443 g/mol. The lowest BCUT2D eigenvalue weighted by Gasteiger charge is -2.27. The number of hydrogen-bond donors (Lipinski definition) is 0. The molecule has 1 aliphatic heterocycles. The van der Waals surface area contributed by atoms with E-state index in [1.54, 1.807) is 16.4 Å². The van der Waals surface area contributed by atoms with Gasteiger partial charge < -0.3 is 9.47 Å². The van der Waals surface area contributed by atoms with E-state index in [2.05, 4.69) is 33.7 Å². The number of rotatable bonds is 5. The van der Waals surface area contributed by atoms with Crippen molar-refractivity contribution in [2.24, 2.45) is 18.9 Å². The van der Waals surface area contributed by atoms with Crippen molar-refractivity contribution in [2.75, 3.05) is 12.3 Å². The van der Waals surface area contributed by atoms with Gasteiger partial charge in [0.05, 0.1) is 22.4 Å². The Morgan fingerprint density at radius 3 is 2.72 bits per heavy atom. The summed E-state index contributed by atoms with van der Waals surface area (Å²) in [6, 6.07) is 20.3. The highest BCUT2D eigenvalue weighted by molar-refractivity contribution is 7.99. The van der Waals surface area contributed by atoms with E-state index in [0.29, 0.717) is 17.5 Å². The largest absolute Gasteiger partial charge is 0.333 e. The molecule has 6 nitrogen and oxygen atoms in total. The summed E-state index contributed by atoms with van der Waals surface area (Å²) in [4.78, 5) is 20.6. The molecule has 7 heteroatoms. The van der Waals surface area contributed by atoms with Crippen LogP contribution in [-0.4, -0.2) is 48.5 Å². The third kappa shape index (κ3) is 3.23. The number of imidazole rings is 1. The number of nitrogens with zero attached hydrogens (tertiary/aromatic N) is 5. The maximum Gasteiger partial charge on any atom is 0.272 e. The number of aryl methyl sites for hydroxylation is 2. The van der Waals surface area contributed by atoms with Crippen LogP contribution in [0.1, 0.15) is 22.6 Å². The van der Waals surface area contributed by atoms with Gasteiger partial charge in [0.25, 0.3) is 5.91 Å². The minimum absolute atomic E-state index is 0.0808. The van der Waals surface area contributed by atoms with Gasteiger partial charge in [0.15, 0.2) is 5.16 Å². The van der Waals surface area contributed by atoms with Gasteiger partial charge in [0.1, 0.15) is 5.69 Å². The highest BCUT2D eigenvalue weighted by Gasteiger charge is 2.54. The maximum atomic E-state index is 13.7. The molecule has 1 aliphatic carbocycles. The lowest BCUT2D eigenvalue weighted by molar-refractivity contribution is 0.0713. The molecule has 4 aromatic rings. The molecule has 2 aromatic heterocycles.